The quantitative estimate of drug-likeness (QED) is 0.816. The fraction of sp³-hybridized carbons (Fsp3) is 0.632. The zero-order chi connectivity index (χ0) is 17.8. The van der Waals surface area contributed by atoms with Crippen LogP contribution in [0.25, 0.3) is 0 Å². The van der Waals surface area contributed by atoms with E-state index in [9.17, 15) is 4.79 Å². The Morgan fingerprint density at radius 2 is 1.92 bits per heavy atom. The number of nitrogens with one attached hydrogen (secondary N) is 1. The molecule has 2 aliphatic rings. The van der Waals surface area contributed by atoms with Gasteiger partial charge in [0.25, 0.3) is 5.91 Å². The molecule has 0 saturated carbocycles. The van der Waals surface area contributed by atoms with E-state index in [0.717, 1.165) is 45.4 Å². The van der Waals surface area contributed by atoms with Gasteiger partial charge in [-0.1, -0.05) is 18.5 Å². The van der Waals surface area contributed by atoms with Crippen LogP contribution in [-0.2, 0) is 0 Å². The molecule has 0 aromatic heterocycles. The van der Waals surface area contributed by atoms with Crippen LogP contribution in [0.1, 0.15) is 36.5 Å². The van der Waals surface area contributed by atoms with Gasteiger partial charge in [-0.3, -0.25) is 4.79 Å². The molecule has 7 heteroatoms. The molecule has 1 aromatic carbocycles. The summed E-state index contributed by atoms with van der Waals surface area (Å²) in [4.78, 5) is 14.9. The normalized spacial score (nSPS) is 22.2. The van der Waals surface area contributed by atoms with Crippen LogP contribution in [0.5, 0.6) is 11.5 Å². The number of methoxy groups -OCH3 is 1. The van der Waals surface area contributed by atoms with Gasteiger partial charge in [0.2, 0.25) is 0 Å². The van der Waals surface area contributed by atoms with Crippen LogP contribution in [0.3, 0.4) is 0 Å². The number of amides is 1. The van der Waals surface area contributed by atoms with Crippen LogP contribution in [-0.4, -0.2) is 50.7 Å². The average molecular weight is 403 g/mol. The number of ether oxygens (including phenoxy) is 2. The Kier molecular flexibility index (Phi) is 7.86. The van der Waals surface area contributed by atoms with Crippen molar-refractivity contribution in [1.29, 1.82) is 0 Å². The Balaban J connectivity index is 0.00000243. The lowest BCUT2D eigenvalue weighted by atomic mass is 9.92. The molecule has 0 bridgehead atoms. The first-order chi connectivity index (χ1) is 12.1. The summed E-state index contributed by atoms with van der Waals surface area (Å²) < 4.78 is 11.1. The van der Waals surface area contributed by atoms with Gasteiger partial charge in [-0.2, -0.15) is 0 Å². The summed E-state index contributed by atoms with van der Waals surface area (Å²) in [5.41, 5.74) is 0.566. The third-order valence-electron chi connectivity index (χ3n) is 5.23. The van der Waals surface area contributed by atoms with Crippen molar-refractivity contribution in [3.63, 3.8) is 0 Å². The summed E-state index contributed by atoms with van der Waals surface area (Å²) in [6.07, 6.45) is 3.00. The Hall–Kier alpha value is -1.17. The topological polar surface area (TPSA) is 50.8 Å². The molecule has 2 heterocycles. The van der Waals surface area contributed by atoms with E-state index >= 15 is 0 Å². The zero-order valence-electron chi connectivity index (χ0n) is 15.4. The number of hydrogen-bond acceptors (Lipinski definition) is 4. The van der Waals surface area contributed by atoms with E-state index in [1.165, 1.54) is 0 Å². The van der Waals surface area contributed by atoms with Crippen molar-refractivity contribution < 1.29 is 14.3 Å². The van der Waals surface area contributed by atoms with E-state index in [4.69, 9.17) is 21.1 Å². The van der Waals surface area contributed by atoms with Crippen LogP contribution in [0.15, 0.2) is 12.1 Å². The predicted octanol–water partition coefficient (Wildman–Crippen LogP) is 3.63. The first kappa shape index (κ1) is 21.1. The van der Waals surface area contributed by atoms with Gasteiger partial charge >= 0.3 is 0 Å². The molecule has 146 valence electrons. The molecule has 0 unspecified atom stereocenters. The van der Waals surface area contributed by atoms with E-state index < -0.39 is 0 Å². The largest absolute Gasteiger partial charge is 0.493 e. The van der Waals surface area contributed by atoms with Gasteiger partial charge in [-0.05, 0) is 56.3 Å². The SMILES string of the molecule is CCCOc1c(Cl)cc(C(=O)N2CC[C@@H]3CNC[C@@H]3CC2)cc1OC.Cl. The van der Waals surface area contributed by atoms with Gasteiger partial charge in [0.05, 0.1) is 18.7 Å². The van der Waals surface area contributed by atoms with Crippen LogP contribution in [0.4, 0.5) is 0 Å². The summed E-state index contributed by atoms with van der Waals surface area (Å²) in [6.45, 7) is 6.35. The molecule has 0 aliphatic carbocycles. The van der Waals surface area contributed by atoms with Gasteiger partial charge in [-0.15, -0.1) is 12.4 Å². The molecular formula is C19H28Cl2N2O3. The van der Waals surface area contributed by atoms with Crippen molar-refractivity contribution in [3.8, 4) is 11.5 Å². The summed E-state index contributed by atoms with van der Waals surface area (Å²) in [6, 6.07) is 3.44. The van der Waals surface area contributed by atoms with Crippen LogP contribution < -0.4 is 14.8 Å². The first-order valence-electron chi connectivity index (χ1n) is 9.14. The Morgan fingerprint density at radius 1 is 1.27 bits per heavy atom. The number of halogens is 2. The fourth-order valence-corrected chi connectivity index (χ4v) is 4.06. The van der Waals surface area contributed by atoms with Crippen molar-refractivity contribution in [2.75, 3.05) is 39.9 Å². The minimum absolute atomic E-state index is 0. The zero-order valence-corrected chi connectivity index (χ0v) is 17.0. The number of rotatable bonds is 5. The number of hydrogen-bond donors (Lipinski definition) is 1. The highest BCUT2D eigenvalue weighted by Gasteiger charge is 2.32. The number of nitrogens with zero attached hydrogens (tertiary/aromatic N) is 1. The summed E-state index contributed by atoms with van der Waals surface area (Å²) in [7, 11) is 1.57. The summed E-state index contributed by atoms with van der Waals surface area (Å²) >= 11 is 6.36. The standard InChI is InChI=1S/C19H27ClN2O3.ClH/c1-3-8-25-18-16(20)9-15(10-17(18)24-2)19(23)22-6-4-13-11-21-12-14(13)5-7-22;/h9-10,13-14,21H,3-8,11-12H2,1-2H3;1H/t13-,14+;. The maximum absolute atomic E-state index is 13.0. The number of fused-ring (bicyclic) bond motifs is 1. The van der Waals surface area contributed by atoms with Gasteiger partial charge in [-0.25, -0.2) is 0 Å². The lowest BCUT2D eigenvalue weighted by Crippen LogP contribution is -2.32. The lowest BCUT2D eigenvalue weighted by molar-refractivity contribution is 0.0758. The van der Waals surface area contributed by atoms with Gasteiger partial charge in [0.15, 0.2) is 11.5 Å². The smallest absolute Gasteiger partial charge is 0.254 e. The van der Waals surface area contributed by atoms with E-state index in [1.807, 2.05) is 11.8 Å². The second-order valence-corrected chi connectivity index (χ2v) is 7.29. The van der Waals surface area contributed by atoms with E-state index in [0.29, 0.717) is 40.5 Å². The van der Waals surface area contributed by atoms with Gasteiger partial charge in [0, 0.05) is 18.7 Å². The molecule has 3 rings (SSSR count). The predicted molar refractivity (Wildman–Crippen MR) is 106 cm³/mol. The number of benzene rings is 1. The number of likely N-dealkylation sites (tertiary alicyclic amines) is 1. The van der Waals surface area contributed by atoms with Crippen molar-refractivity contribution >= 4 is 29.9 Å². The van der Waals surface area contributed by atoms with Gasteiger partial charge < -0.3 is 19.7 Å². The van der Waals surface area contributed by atoms with Crippen LogP contribution >= 0.6 is 24.0 Å². The molecule has 5 nitrogen and oxygen atoms in total. The third-order valence-corrected chi connectivity index (χ3v) is 5.51. The Labute approximate surface area is 166 Å². The van der Waals surface area contributed by atoms with Crippen LogP contribution in [0.2, 0.25) is 5.02 Å². The molecule has 0 spiro atoms. The molecule has 1 aromatic rings. The van der Waals surface area contributed by atoms with Crippen molar-refractivity contribution in [2.45, 2.75) is 26.2 Å². The second kappa shape index (κ2) is 9.67. The monoisotopic (exact) mass is 402 g/mol. The Bertz CT molecular complexity index is 613. The average Bonchev–Trinajstić information content (AvgIpc) is 2.98. The minimum Gasteiger partial charge on any atom is -0.493 e. The van der Waals surface area contributed by atoms with Crippen molar-refractivity contribution in [1.82, 2.24) is 10.2 Å². The maximum Gasteiger partial charge on any atom is 0.254 e. The van der Waals surface area contributed by atoms with Crippen LogP contribution in [0, 0.1) is 11.8 Å². The van der Waals surface area contributed by atoms with Crippen molar-refractivity contribution in [3.05, 3.63) is 22.7 Å². The molecule has 2 fully saturated rings. The maximum atomic E-state index is 13.0. The highest BCUT2D eigenvalue weighted by atomic mass is 35.5. The minimum atomic E-state index is 0. The third kappa shape index (κ3) is 4.56. The van der Waals surface area contributed by atoms with Gasteiger partial charge in [0.1, 0.15) is 0 Å². The second-order valence-electron chi connectivity index (χ2n) is 6.89. The van der Waals surface area contributed by atoms with E-state index in [-0.39, 0.29) is 18.3 Å². The lowest BCUT2D eigenvalue weighted by Gasteiger charge is -2.22. The first-order valence-corrected chi connectivity index (χ1v) is 9.52. The summed E-state index contributed by atoms with van der Waals surface area (Å²) in [5.74, 6) is 2.44. The van der Waals surface area contributed by atoms with E-state index in [2.05, 4.69) is 5.32 Å². The highest BCUT2D eigenvalue weighted by molar-refractivity contribution is 6.32. The molecule has 2 aliphatic heterocycles. The van der Waals surface area contributed by atoms with E-state index in [1.54, 1.807) is 19.2 Å². The molecule has 26 heavy (non-hydrogen) atoms. The molecule has 2 saturated heterocycles. The summed E-state index contributed by atoms with van der Waals surface area (Å²) in [5, 5.41) is 3.89. The fourth-order valence-electron chi connectivity index (χ4n) is 3.79. The molecular weight excluding hydrogens is 375 g/mol. The number of carbonyl (C=O) groups is 1. The molecule has 2 atom stereocenters. The molecule has 0 radical (unpaired) electrons. The highest BCUT2D eigenvalue weighted by Crippen LogP contribution is 2.37. The molecule has 1 amide bonds. The van der Waals surface area contributed by atoms with Crippen molar-refractivity contribution in [2.24, 2.45) is 11.8 Å². The number of carbonyl (C=O) groups excluding carboxylic acids is 1. The molecule has 1 N–H and O–H groups in total. The Morgan fingerprint density at radius 3 is 2.50 bits per heavy atom.